The third kappa shape index (κ3) is 3.91. The first-order chi connectivity index (χ1) is 7.99. The molecule has 1 fully saturated rings. The van der Waals surface area contributed by atoms with Crippen molar-refractivity contribution in [2.24, 2.45) is 5.41 Å². The Morgan fingerprint density at radius 3 is 2.18 bits per heavy atom. The molecule has 1 aliphatic rings. The molecule has 0 spiro atoms. The van der Waals surface area contributed by atoms with Gasteiger partial charge < -0.3 is 0 Å². The summed E-state index contributed by atoms with van der Waals surface area (Å²) in [5.41, 5.74) is 0.0345. The fourth-order valence-corrected chi connectivity index (χ4v) is 4.40. The summed E-state index contributed by atoms with van der Waals surface area (Å²) in [7, 11) is -3.26. The van der Waals surface area contributed by atoms with Crippen molar-refractivity contribution in [3.8, 4) is 0 Å². The minimum Gasteiger partial charge on any atom is -0.202 e. The second kappa shape index (κ2) is 6.50. The van der Waals surface area contributed by atoms with Crippen LogP contribution >= 0.6 is 15.9 Å². The highest BCUT2D eigenvalue weighted by Crippen LogP contribution is 2.28. The fraction of sp³-hybridized carbons (Fsp3) is 1.00. The Hall–Kier alpha value is 0.350. The minimum absolute atomic E-state index is 0.0345. The number of hydrogen-bond acceptors (Lipinski definition) is 2. The lowest BCUT2D eigenvalue weighted by Gasteiger charge is -2.30. The zero-order valence-electron chi connectivity index (χ0n) is 10.7. The van der Waals surface area contributed by atoms with Gasteiger partial charge in [-0.2, -0.15) is 12.7 Å². The third-order valence-corrected chi connectivity index (χ3v) is 6.56. The molecule has 0 amide bonds. The molecule has 1 heterocycles. The Balaban J connectivity index is 2.59. The van der Waals surface area contributed by atoms with E-state index >= 15 is 0 Å². The van der Waals surface area contributed by atoms with Gasteiger partial charge in [0.25, 0.3) is 10.2 Å². The summed E-state index contributed by atoms with van der Waals surface area (Å²) in [6.45, 7) is 6.05. The lowest BCUT2D eigenvalue weighted by molar-refractivity contribution is 0.306. The number of hydrogen-bond donors (Lipinski definition) is 1. The second-order valence-corrected chi connectivity index (χ2v) is 7.09. The maximum Gasteiger partial charge on any atom is 0.279 e. The molecule has 102 valence electrons. The summed E-state index contributed by atoms with van der Waals surface area (Å²) >= 11 is 3.50. The molecule has 1 rings (SSSR count). The van der Waals surface area contributed by atoms with Crippen LogP contribution in [0.3, 0.4) is 0 Å². The molecule has 0 bridgehead atoms. The molecule has 1 aliphatic heterocycles. The molecule has 0 unspecified atom stereocenters. The van der Waals surface area contributed by atoms with Gasteiger partial charge in [-0.25, -0.2) is 4.72 Å². The van der Waals surface area contributed by atoms with Crippen molar-refractivity contribution in [2.45, 2.75) is 39.5 Å². The van der Waals surface area contributed by atoms with Crippen molar-refractivity contribution in [2.75, 3.05) is 25.0 Å². The van der Waals surface area contributed by atoms with Crippen molar-refractivity contribution in [3.63, 3.8) is 0 Å². The Bertz CT molecular complexity index is 314. The van der Waals surface area contributed by atoms with Gasteiger partial charge in [0.05, 0.1) is 0 Å². The van der Waals surface area contributed by atoms with E-state index in [0.29, 0.717) is 19.6 Å². The molecule has 0 aromatic rings. The van der Waals surface area contributed by atoms with Gasteiger partial charge >= 0.3 is 0 Å². The molecule has 0 aromatic heterocycles. The number of nitrogens with zero attached hydrogens (tertiary/aromatic N) is 1. The van der Waals surface area contributed by atoms with Gasteiger partial charge in [-0.1, -0.05) is 29.8 Å². The van der Waals surface area contributed by atoms with Crippen LogP contribution in [0.25, 0.3) is 0 Å². The van der Waals surface area contributed by atoms with E-state index in [-0.39, 0.29) is 5.41 Å². The van der Waals surface area contributed by atoms with E-state index in [9.17, 15) is 8.42 Å². The molecule has 17 heavy (non-hydrogen) atoms. The number of nitrogens with one attached hydrogen (secondary N) is 1. The first-order valence-corrected chi connectivity index (χ1v) is 8.86. The fourth-order valence-electron chi connectivity index (χ4n) is 2.00. The third-order valence-electron chi connectivity index (χ3n) is 3.82. The van der Waals surface area contributed by atoms with Crippen LogP contribution in [0.15, 0.2) is 0 Å². The molecular weight excluding hydrogens is 304 g/mol. The maximum absolute atomic E-state index is 12.0. The Labute approximate surface area is 113 Å². The zero-order valence-corrected chi connectivity index (χ0v) is 13.1. The molecule has 0 atom stereocenters. The topological polar surface area (TPSA) is 49.4 Å². The standard InChI is InChI=1S/C11H23BrN2O2S/c1-3-11(4-2,9-12)10-13-17(15,16)14-7-5-6-8-14/h13H,3-10H2,1-2H3. The van der Waals surface area contributed by atoms with Crippen LogP contribution in [0.1, 0.15) is 39.5 Å². The number of rotatable bonds is 7. The second-order valence-electron chi connectivity index (χ2n) is 4.77. The van der Waals surface area contributed by atoms with E-state index in [4.69, 9.17) is 0 Å². The van der Waals surface area contributed by atoms with E-state index in [2.05, 4.69) is 34.5 Å². The lowest BCUT2D eigenvalue weighted by atomic mass is 9.85. The number of alkyl halides is 1. The van der Waals surface area contributed by atoms with Crippen LogP contribution in [0, 0.1) is 5.41 Å². The van der Waals surface area contributed by atoms with Crippen LogP contribution in [-0.4, -0.2) is 37.7 Å². The van der Waals surface area contributed by atoms with Gasteiger partial charge in [-0.3, -0.25) is 0 Å². The van der Waals surface area contributed by atoms with E-state index in [1.807, 2.05) is 0 Å². The maximum atomic E-state index is 12.0. The summed E-state index contributed by atoms with van der Waals surface area (Å²) < 4.78 is 28.4. The van der Waals surface area contributed by atoms with Gasteiger partial charge in [-0.15, -0.1) is 0 Å². The Kier molecular flexibility index (Phi) is 5.89. The van der Waals surface area contributed by atoms with Gasteiger partial charge in [0.15, 0.2) is 0 Å². The van der Waals surface area contributed by atoms with Crippen molar-refractivity contribution < 1.29 is 8.42 Å². The van der Waals surface area contributed by atoms with E-state index < -0.39 is 10.2 Å². The normalized spacial score (nSPS) is 18.8. The average Bonchev–Trinajstić information content (AvgIpc) is 2.86. The van der Waals surface area contributed by atoms with Crippen LogP contribution in [0.5, 0.6) is 0 Å². The molecule has 0 saturated carbocycles. The van der Waals surface area contributed by atoms with Crippen LogP contribution in [-0.2, 0) is 10.2 Å². The van der Waals surface area contributed by atoms with E-state index in [1.165, 1.54) is 0 Å². The molecule has 4 nitrogen and oxygen atoms in total. The highest BCUT2D eigenvalue weighted by Gasteiger charge is 2.30. The van der Waals surface area contributed by atoms with Crippen LogP contribution in [0.2, 0.25) is 0 Å². The van der Waals surface area contributed by atoms with Crippen molar-refractivity contribution in [1.29, 1.82) is 0 Å². The Morgan fingerprint density at radius 1 is 1.24 bits per heavy atom. The molecular formula is C11H23BrN2O2S. The first-order valence-electron chi connectivity index (χ1n) is 6.30. The van der Waals surface area contributed by atoms with E-state index in [1.54, 1.807) is 4.31 Å². The predicted molar refractivity (Wildman–Crippen MR) is 74.5 cm³/mol. The predicted octanol–water partition coefficient (Wildman–Crippen LogP) is 2.12. The monoisotopic (exact) mass is 326 g/mol. The largest absolute Gasteiger partial charge is 0.279 e. The summed E-state index contributed by atoms with van der Waals surface area (Å²) in [5, 5.41) is 0.829. The summed E-state index contributed by atoms with van der Waals surface area (Å²) in [6.07, 6.45) is 3.90. The van der Waals surface area contributed by atoms with Crippen molar-refractivity contribution >= 4 is 26.1 Å². The molecule has 0 aromatic carbocycles. The zero-order chi connectivity index (χ0) is 12.9. The molecule has 0 aliphatic carbocycles. The summed E-state index contributed by atoms with van der Waals surface area (Å²) in [5.74, 6) is 0. The number of halogens is 1. The molecule has 1 saturated heterocycles. The van der Waals surface area contributed by atoms with Crippen LogP contribution in [0.4, 0.5) is 0 Å². The van der Waals surface area contributed by atoms with Crippen LogP contribution < -0.4 is 4.72 Å². The summed E-state index contributed by atoms with van der Waals surface area (Å²) in [4.78, 5) is 0. The van der Waals surface area contributed by atoms with Gasteiger partial charge in [0.2, 0.25) is 0 Å². The van der Waals surface area contributed by atoms with Crippen molar-refractivity contribution in [1.82, 2.24) is 9.03 Å². The molecule has 1 N–H and O–H groups in total. The highest BCUT2D eigenvalue weighted by atomic mass is 79.9. The average molecular weight is 327 g/mol. The Morgan fingerprint density at radius 2 is 1.76 bits per heavy atom. The SMILES string of the molecule is CCC(CC)(CBr)CNS(=O)(=O)N1CCCC1. The molecule has 0 radical (unpaired) electrons. The smallest absolute Gasteiger partial charge is 0.202 e. The molecule has 6 heteroatoms. The van der Waals surface area contributed by atoms with Gasteiger partial charge in [0.1, 0.15) is 0 Å². The van der Waals surface area contributed by atoms with E-state index in [0.717, 1.165) is 31.0 Å². The lowest BCUT2D eigenvalue weighted by Crippen LogP contribution is -2.44. The van der Waals surface area contributed by atoms with Crippen molar-refractivity contribution in [3.05, 3.63) is 0 Å². The first kappa shape index (κ1) is 15.4. The summed E-state index contributed by atoms with van der Waals surface area (Å²) in [6, 6.07) is 0. The van der Waals surface area contributed by atoms with Gasteiger partial charge in [0, 0.05) is 25.0 Å². The highest BCUT2D eigenvalue weighted by molar-refractivity contribution is 9.09. The van der Waals surface area contributed by atoms with Gasteiger partial charge in [-0.05, 0) is 31.1 Å². The quantitative estimate of drug-likeness (QED) is 0.728. The minimum atomic E-state index is -3.26.